The lowest BCUT2D eigenvalue weighted by Gasteiger charge is -2.18. The molecule has 1 aromatic carbocycles. The van der Waals surface area contributed by atoms with Crippen LogP contribution < -0.4 is 10.5 Å². The van der Waals surface area contributed by atoms with E-state index >= 15 is 0 Å². The fourth-order valence-corrected chi connectivity index (χ4v) is 4.84. The second kappa shape index (κ2) is 7.70. The van der Waals surface area contributed by atoms with Gasteiger partial charge in [0.25, 0.3) is 0 Å². The Morgan fingerprint density at radius 3 is 2.65 bits per heavy atom. The van der Waals surface area contributed by atoms with Crippen molar-refractivity contribution < 1.29 is 12.8 Å². The Hall–Kier alpha value is -0.210. The highest BCUT2D eigenvalue weighted by Crippen LogP contribution is 2.30. The molecule has 0 fully saturated rings. The molecule has 3 N–H and O–H groups in total. The lowest BCUT2D eigenvalue weighted by Crippen LogP contribution is -2.40. The summed E-state index contributed by atoms with van der Waals surface area (Å²) in [5.41, 5.74) is 5.57. The highest BCUT2D eigenvalue weighted by molar-refractivity contribution is 9.10. The van der Waals surface area contributed by atoms with Gasteiger partial charge in [-0.25, -0.2) is 17.5 Å². The van der Waals surface area contributed by atoms with Crippen LogP contribution in [0.3, 0.4) is 0 Å². The molecular formula is C12H17BrClFN2O2S. The van der Waals surface area contributed by atoms with E-state index < -0.39 is 15.8 Å². The zero-order valence-corrected chi connectivity index (χ0v) is 14.2. The molecule has 0 aliphatic carbocycles. The fraction of sp³-hybridized carbons (Fsp3) is 0.500. The minimum absolute atomic E-state index is 0.0845. The molecule has 0 aromatic heterocycles. The van der Waals surface area contributed by atoms with Gasteiger partial charge in [-0.1, -0.05) is 31.4 Å². The van der Waals surface area contributed by atoms with Crippen LogP contribution in [0.2, 0.25) is 5.02 Å². The quantitative estimate of drug-likeness (QED) is 0.755. The highest BCUT2D eigenvalue weighted by atomic mass is 79.9. The number of benzene rings is 1. The van der Waals surface area contributed by atoms with Crippen molar-refractivity contribution in [3.05, 3.63) is 27.4 Å². The van der Waals surface area contributed by atoms with E-state index in [1.165, 1.54) is 0 Å². The summed E-state index contributed by atoms with van der Waals surface area (Å²) in [6.45, 7) is 2.20. The summed E-state index contributed by atoms with van der Waals surface area (Å²) in [6, 6.07) is 1.65. The van der Waals surface area contributed by atoms with E-state index in [1.807, 2.05) is 6.92 Å². The molecule has 1 unspecified atom stereocenters. The minimum atomic E-state index is -3.86. The molecular weight excluding hydrogens is 371 g/mol. The van der Waals surface area contributed by atoms with Crippen molar-refractivity contribution in [1.82, 2.24) is 4.72 Å². The van der Waals surface area contributed by atoms with E-state index in [4.69, 9.17) is 17.3 Å². The molecule has 0 aliphatic rings. The van der Waals surface area contributed by atoms with Crippen LogP contribution in [0, 0.1) is 5.82 Å². The normalized spacial score (nSPS) is 13.4. The number of unbranched alkanes of at least 4 members (excludes halogenated alkanes) is 1. The Morgan fingerprint density at radius 2 is 2.15 bits per heavy atom. The van der Waals surface area contributed by atoms with Crippen molar-refractivity contribution in [2.45, 2.75) is 37.1 Å². The van der Waals surface area contributed by atoms with Gasteiger partial charge in [0.2, 0.25) is 10.0 Å². The lowest BCUT2D eigenvalue weighted by molar-refractivity contribution is 0.516. The van der Waals surface area contributed by atoms with Crippen LogP contribution in [0.25, 0.3) is 0 Å². The predicted molar refractivity (Wildman–Crippen MR) is 81.8 cm³/mol. The Labute approximate surface area is 132 Å². The fourth-order valence-electron chi connectivity index (χ4n) is 1.74. The maximum Gasteiger partial charge on any atom is 0.243 e. The maximum atomic E-state index is 13.1. The first-order valence-electron chi connectivity index (χ1n) is 6.18. The molecule has 1 atom stereocenters. The molecule has 0 spiro atoms. The second-order valence-electron chi connectivity index (χ2n) is 4.39. The Balaban J connectivity index is 3.05. The Bertz CT molecular complexity index is 546. The highest BCUT2D eigenvalue weighted by Gasteiger charge is 2.25. The number of sulfonamides is 1. The summed E-state index contributed by atoms with van der Waals surface area (Å²) < 4.78 is 40.4. The molecule has 0 aliphatic heterocycles. The zero-order chi connectivity index (χ0) is 15.3. The summed E-state index contributed by atoms with van der Waals surface area (Å²) in [5.74, 6) is -0.609. The van der Waals surface area contributed by atoms with Crippen LogP contribution in [-0.4, -0.2) is 21.0 Å². The predicted octanol–water partition coefficient (Wildman–Crippen LogP) is 3.04. The zero-order valence-electron chi connectivity index (χ0n) is 11.0. The second-order valence-corrected chi connectivity index (χ2v) is 7.31. The minimum Gasteiger partial charge on any atom is -0.329 e. The SMILES string of the molecule is CCCCC(CN)NS(=O)(=O)c1c(Cl)cc(F)cc1Br. The smallest absolute Gasteiger partial charge is 0.243 e. The van der Waals surface area contributed by atoms with Crippen molar-refractivity contribution in [2.75, 3.05) is 6.54 Å². The number of hydrogen-bond donors (Lipinski definition) is 2. The van der Waals surface area contributed by atoms with Gasteiger partial charge in [0, 0.05) is 17.1 Å². The van der Waals surface area contributed by atoms with Crippen molar-refractivity contribution in [3.8, 4) is 0 Å². The van der Waals surface area contributed by atoms with Crippen LogP contribution in [0.4, 0.5) is 4.39 Å². The topological polar surface area (TPSA) is 72.2 Å². The van der Waals surface area contributed by atoms with E-state index in [9.17, 15) is 12.8 Å². The van der Waals surface area contributed by atoms with Crippen molar-refractivity contribution in [1.29, 1.82) is 0 Å². The van der Waals surface area contributed by atoms with Gasteiger partial charge in [-0.3, -0.25) is 0 Å². The molecule has 0 saturated heterocycles. The number of halogens is 3. The Morgan fingerprint density at radius 1 is 1.50 bits per heavy atom. The third-order valence-corrected chi connectivity index (χ3v) is 5.66. The van der Waals surface area contributed by atoms with Crippen molar-refractivity contribution >= 4 is 37.6 Å². The molecule has 0 amide bonds. The molecule has 0 heterocycles. The summed E-state index contributed by atoms with van der Waals surface area (Å²) in [7, 11) is -3.86. The maximum absolute atomic E-state index is 13.1. The first kappa shape index (κ1) is 17.8. The lowest BCUT2D eigenvalue weighted by atomic mass is 10.1. The number of rotatable bonds is 7. The molecule has 20 heavy (non-hydrogen) atoms. The first-order chi connectivity index (χ1) is 9.31. The molecule has 114 valence electrons. The summed E-state index contributed by atoms with van der Waals surface area (Å²) in [4.78, 5) is -0.171. The molecule has 1 aromatic rings. The molecule has 0 saturated carbocycles. The van der Waals surface area contributed by atoms with E-state index in [2.05, 4.69) is 20.7 Å². The van der Waals surface area contributed by atoms with Crippen molar-refractivity contribution in [3.63, 3.8) is 0 Å². The average Bonchev–Trinajstić information content (AvgIpc) is 2.32. The molecule has 4 nitrogen and oxygen atoms in total. The van der Waals surface area contributed by atoms with Crippen LogP contribution in [0.5, 0.6) is 0 Å². The van der Waals surface area contributed by atoms with Gasteiger partial charge in [0.1, 0.15) is 10.7 Å². The van der Waals surface area contributed by atoms with Crippen LogP contribution >= 0.6 is 27.5 Å². The molecule has 8 heteroatoms. The largest absolute Gasteiger partial charge is 0.329 e. The van der Waals surface area contributed by atoms with Crippen LogP contribution in [0.15, 0.2) is 21.5 Å². The van der Waals surface area contributed by atoms with Crippen LogP contribution in [-0.2, 0) is 10.0 Å². The van der Waals surface area contributed by atoms with Gasteiger partial charge >= 0.3 is 0 Å². The van der Waals surface area contributed by atoms with E-state index in [-0.39, 0.29) is 27.0 Å². The summed E-state index contributed by atoms with van der Waals surface area (Å²) in [5, 5.41) is -0.171. The number of hydrogen-bond acceptors (Lipinski definition) is 3. The van der Waals surface area contributed by atoms with Gasteiger partial charge in [-0.2, -0.15) is 0 Å². The van der Waals surface area contributed by atoms with Crippen LogP contribution in [0.1, 0.15) is 26.2 Å². The van der Waals surface area contributed by atoms with Gasteiger partial charge in [-0.05, 0) is 34.5 Å². The standard InChI is InChI=1S/C12H17BrClFN2O2S/c1-2-3-4-9(7-16)17-20(18,19)12-10(13)5-8(15)6-11(12)14/h5-6,9,17H,2-4,7,16H2,1H3. The van der Waals surface area contributed by atoms with Gasteiger partial charge in [-0.15, -0.1) is 0 Å². The van der Waals surface area contributed by atoms with E-state index in [0.29, 0.717) is 6.42 Å². The third kappa shape index (κ3) is 4.66. The first-order valence-corrected chi connectivity index (χ1v) is 8.84. The van der Waals surface area contributed by atoms with Crippen molar-refractivity contribution in [2.24, 2.45) is 5.73 Å². The number of nitrogens with two attached hydrogens (primary N) is 1. The number of nitrogens with one attached hydrogen (secondary N) is 1. The molecule has 1 rings (SSSR count). The monoisotopic (exact) mass is 386 g/mol. The summed E-state index contributed by atoms with van der Waals surface area (Å²) >= 11 is 8.85. The van der Waals surface area contributed by atoms with Gasteiger partial charge < -0.3 is 5.73 Å². The average molecular weight is 388 g/mol. The van der Waals surface area contributed by atoms with E-state index in [0.717, 1.165) is 25.0 Å². The van der Waals surface area contributed by atoms with Gasteiger partial charge in [0.05, 0.1) is 5.02 Å². The van der Waals surface area contributed by atoms with Gasteiger partial charge in [0.15, 0.2) is 0 Å². The molecule has 0 radical (unpaired) electrons. The summed E-state index contributed by atoms with van der Waals surface area (Å²) in [6.07, 6.45) is 2.45. The molecule has 0 bridgehead atoms. The third-order valence-electron chi connectivity index (χ3n) is 2.74. The Kier molecular flexibility index (Phi) is 6.87. The van der Waals surface area contributed by atoms with E-state index in [1.54, 1.807) is 0 Å².